The number of nitrogens with two attached hydrogens (primary N) is 5. The molecule has 0 radical (unpaired) electrons. The van der Waals surface area contributed by atoms with Crippen molar-refractivity contribution < 1.29 is 24.0 Å². The quantitative estimate of drug-likeness (QED) is 0.0746. The van der Waals surface area contributed by atoms with Crippen molar-refractivity contribution in [3.05, 3.63) is 0 Å². The summed E-state index contributed by atoms with van der Waals surface area (Å²) < 4.78 is 0. The third kappa shape index (κ3) is 16.5. The molecule has 14 nitrogen and oxygen atoms in total. The van der Waals surface area contributed by atoms with E-state index in [9.17, 15) is 24.0 Å². The van der Waals surface area contributed by atoms with E-state index in [4.69, 9.17) is 28.7 Å². The van der Waals surface area contributed by atoms with Gasteiger partial charge in [-0.3, -0.25) is 24.0 Å². The van der Waals surface area contributed by atoms with E-state index in [0.717, 1.165) is 0 Å². The van der Waals surface area contributed by atoms with E-state index >= 15 is 0 Å². The topological polar surface area (TPSA) is 264 Å². The molecule has 14 heteroatoms. The highest BCUT2D eigenvalue weighted by Gasteiger charge is 2.34. The molecule has 0 aromatic carbocycles. The highest BCUT2D eigenvalue weighted by atomic mass is 16.2. The van der Waals surface area contributed by atoms with Gasteiger partial charge in [-0.25, -0.2) is 0 Å². The summed E-state index contributed by atoms with van der Waals surface area (Å²) in [5.41, 5.74) is 28.4. The maximum atomic E-state index is 13.7. The van der Waals surface area contributed by atoms with Crippen molar-refractivity contribution in [2.75, 3.05) is 32.7 Å². The van der Waals surface area contributed by atoms with Crippen LogP contribution in [0, 0.1) is 5.92 Å². The van der Waals surface area contributed by atoms with E-state index in [0.29, 0.717) is 129 Å². The Morgan fingerprint density at radius 2 is 0.689 bits per heavy atom. The van der Waals surface area contributed by atoms with Gasteiger partial charge in [0.2, 0.25) is 23.6 Å². The van der Waals surface area contributed by atoms with Gasteiger partial charge in [0.15, 0.2) is 5.78 Å². The van der Waals surface area contributed by atoms with Crippen molar-refractivity contribution in [2.45, 2.75) is 127 Å². The zero-order valence-corrected chi connectivity index (χ0v) is 27.2. The lowest BCUT2D eigenvalue weighted by Crippen LogP contribution is -2.57. The second-order valence-electron chi connectivity index (χ2n) is 12.0. The summed E-state index contributed by atoms with van der Waals surface area (Å²) >= 11 is 0. The lowest BCUT2D eigenvalue weighted by Gasteiger charge is -2.26. The largest absolute Gasteiger partial charge is 0.345 e. The predicted molar refractivity (Wildman–Crippen MR) is 175 cm³/mol. The zero-order valence-electron chi connectivity index (χ0n) is 27.2. The van der Waals surface area contributed by atoms with Gasteiger partial charge in [-0.05, 0) is 123 Å². The second kappa shape index (κ2) is 24.6. The molecule has 0 bridgehead atoms. The number of carbonyl (C=O) groups excluding carboxylic acids is 5. The fourth-order valence-electron chi connectivity index (χ4n) is 5.44. The van der Waals surface area contributed by atoms with Crippen molar-refractivity contribution in [3.8, 4) is 0 Å². The number of ketones is 1. The predicted octanol–water partition coefficient (Wildman–Crippen LogP) is -0.840. The minimum atomic E-state index is -0.949. The van der Waals surface area contributed by atoms with Crippen molar-refractivity contribution in [1.82, 2.24) is 21.3 Å². The summed E-state index contributed by atoms with van der Waals surface area (Å²) in [6.45, 7) is 2.17. The van der Waals surface area contributed by atoms with Crippen LogP contribution in [-0.2, 0) is 24.0 Å². The van der Waals surface area contributed by atoms with E-state index in [1.165, 1.54) is 0 Å². The second-order valence-corrected chi connectivity index (χ2v) is 12.0. The number of rotatable bonds is 20. The zero-order chi connectivity index (χ0) is 33.5. The van der Waals surface area contributed by atoms with Crippen molar-refractivity contribution in [2.24, 2.45) is 34.6 Å². The molecule has 1 saturated heterocycles. The van der Waals surface area contributed by atoms with Crippen molar-refractivity contribution in [3.63, 3.8) is 0 Å². The van der Waals surface area contributed by atoms with Crippen LogP contribution >= 0.6 is 0 Å². The minimum absolute atomic E-state index is 0.104. The number of nitrogens with one attached hydrogen (secondary N) is 4. The van der Waals surface area contributed by atoms with Gasteiger partial charge in [0.25, 0.3) is 0 Å². The van der Waals surface area contributed by atoms with Gasteiger partial charge in [0.05, 0.1) is 6.04 Å². The lowest BCUT2D eigenvalue weighted by molar-refractivity contribution is -0.135. The molecular formula is C31H61N9O5. The van der Waals surface area contributed by atoms with Gasteiger partial charge in [-0.2, -0.15) is 0 Å². The molecule has 1 rings (SSSR count). The summed E-state index contributed by atoms with van der Waals surface area (Å²) in [5, 5.41) is 11.4. The number of hydrogen-bond donors (Lipinski definition) is 9. The molecule has 0 spiro atoms. The Balaban J connectivity index is 3.54. The molecule has 0 aromatic heterocycles. The van der Waals surface area contributed by atoms with Crippen LogP contribution in [0.15, 0.2) is 0 Å². The molecule has 1 aliphatic rings. The summed E-state index contributed by atoms with van der Waals surface area (Å²) in [6, 6.07) is -3.66. The number of carbonyl (C=O) groups is 5. The van der Waals surface area contributed by atoms with Gasteiger partial charge in [0.1, 0.15) is 18.1 Å². The Morgan fingerprint density at radius 3 is 1.04 bits per heavy atom. The van der Waals surface area contributed by atoms with Crippen LogP contribution < -0.4 is 49.9 Å². The van der Waals surface area contributed by atoms with E-state index < -0.39 is 53.7 Å². The van der Waals surface area contributed by atoms with Gasteiger partial charge in [0, 0.05) is 12.3 Å². The van der Waals surface area contributed by atoms with Gasteiger partial charge < -0.3 is 49.9 Å². The summed E-state index contributed by atoms with van der Waals surface area (Å²) in [6.07, 6.45) is 7.84. The molecule has 1 heterocycles. The highest BCUT2D eigenvalue weighted by molar-refractivity contribution is 5.97. The first-order valence-corrected chi connectivity index (χ1v) is 17.0. The third-order valence-electron chi connectivity index (χ3n) is 8.22. The van der Waals surface area contributed by atoms with Gasteiger partial charge in [-0.15, -0.1) is 0 Å². The van der Waals surface area contributed by atoms with Crippen molar-refractivity contribution in [1.29, 1.82) is 0 Å². The molecular weight excluding hydrogens is 578 g/mol. The molecule has 5 atom stereocenters. The summed E-state index contributed by atoms with van der Waals surface area (Å²) in [5.74, 6) is -2.91. The van der Waals surface area contributed by atoms with Crippen LogP contribution in [0.1, 0.15) is 103 Å². The van der Waals surface area contributed by atoms with Gasteiger partial charge in [-0.1, -0.05) is 6.42 Å². The first kappa shape index (κ1) is 40.4. The highest BCUT2D eigenvalue weighted by Crippen LogP contribution is 2.18. The molecule has 1 aliphatic heterocycles. The number of unbranched alkanes of at least 4 members (excludes halogenated alkanes) is 5. The fourth-order valence-corrected chi connectivity index (χ4v) is 5.44. The molecule has 14 N–H and O–H groups in total. The SMILES string of the molecule is NCCCCC1CC(=O)C(CCCCN)NC(=O)C(CCCCN)NC(=O)C(CCCCN)NC(=O)C(CCCCN)NC1=O. The molecule has 0 aromatic rings. The van der Waals surface area contributed by atoms with Crippen LogP contribution in [0.25, 0.3) is 0 Å². The van der Waals surface area contributed by atoms with Crippen LogP contribution in [0.5, 0.6) is 0 Å². The Bertz CT molecular complexity index is 729. The summed E-state index contributed by atoms with van der Waals surface area (Å²) in [4.78, 5) is 68.2. The van der Waals surface area contributed by atoms with Crippen LogP contribution in [-0.4, -0.2) is 86.3 Å². The van der Waals surface area contributed by atoms with E-state index in [1.807, 2.05) is 0 Å². The Kier molecular flexibility index (Phi) is 22.0. The van der Waals surface area contributed by atoms with Crippen molar-refractivity contribution >= 4 is 29.4 Å². The Morgan fingerprint density at radius 1 is 0.400 bits per heavy atom. The Labute approximate surface area is 268 Å². The number of amides is 4. The normalized spacial score (nSPS) is 23.8. The van der Waals surface area contributed by atoms with Gasteiger partial charge >= 0.3 is 0 Å². The van der Waals surface area contributed by atoms with E-state index in [-0.39, 0.29) is 12.2 Å². The first-order chi connectivity index (χ1) is 21.7. The molecule has 260 valence electrons. The minimum Gasteiger partial charge on any atom is -0.345 e. The monoisotopic (exact) mass is 639 g/mol. The maximum absolute atomic E-state index is 13.7. The fraction of sp³-hybridized carbons (Fsp3) is 0.839. The smallest absolute Gasteiger partial charge is 0.243 e. The lowest BCUT2D eigenvalue weighted by atomic mass is 9.90. The third-order valence-corrected chi connectivity index (χ3v) is 8.22. The number of hydrogen-bond acceptors (Lipinski definition) is 10. The molecule has 0 saturated carbocycles. The molecule has 4 amide bonds. The molecule has 45 heavy (non-hydrogen) atoms. The molecule has 5 unspecified atom stereocenters. The first-order valence-electron chi connectivity index (χ1n) is 17.0. The average molecular weight is 640 g/mol. The Hall–Kier alpha value is -2.65. The molecule has 0 aliphatic carbocycles. The van der Waals surface area contributed by atoms with Crippen LogP contribution in [0.3, 0.4) is 0 Å². The van der Waals surface area contributed by atoms with Crippen LogP contribution in [0.2, 0.25) is 0 Å². The maximum Gasteiger partial charge on any atom is 0.243 e. The summed E-state index contributed by atoms with van der Waals surface area (Å²) in [7, 11) is 0. The standard InChI is InChI=1S/C31H61N9O5/c32-16-6-1-11-22-21-27(41)23(12-2-7-17-33)37-29(43)25(14-4-9-19-35)39-31(45)26(15-5-10-20-36)40-30(44)24(38-28(22)42)13-3-8-18-34/h22-26H,1-21,32-36H2,(H,37,43)(H,38,42)(H,39,45)(H,40,44). The average Bonchev–Trinajstić information content (AvgIpc) is 3.02. The van der Waals surface area contributed by atoms with E-state index in [1.54, 1.807) is 0 Å². The molecule has 1 fully saturated rings. The number of Topliss-reactive ketones (excluding diaryl/α,β-unsaturated/α-hetero) is 1. The van der Waals surface area contributed by atoms with E-state index in [2.05, 4.69) is 21.3 Å². The van der Waals surface area contributed by atoms with Crippen LogP contribution in [0.4, 0.5) is 0 Å².